The Labute approximate surface area is 159 Å². The van der Waals surface area contributed by atoms with Crippen LogP contribution in [0.15, 0.2) is 78.9 Å². The lowest BCUT2D eigenvalue weighted by Crippen LogP contribution is -2.23. The molecular formula is C23H22N2O2. The number of amides is 2. The molecule has 0 atom stereocenters. The van der Waals surface area contributed by atoms with Crippen LogP contribution in [0.2, 0.25) is 0 Å². The maximum Gasteiger partial charge on any atom is 0.236 e. The van der Waals surface area contributed by atoms with Gasteiger partial charge in [-0.2, -0.15) is 0 Å². The molecule has 0 fully saturated rings. The fourth-order valence-electron chi connectivity index (χ4n) is 3.09. The number of nitrogens with one attached hydrogen (secondary N) is 2. The monoisotopic (exact) mass is 358 g/mol. The van der Waals surface area contributed by atoms with E-state index in [2.05, 4.69) is 10.6 Å². The average Bonchev–Trinajstić information content (AvgIpc) is 2.67. The first-order valence-corrected chi connectivity index (χ1v) is 8.84. The fourth-order valence-corrected chi connectivity index (χ4v) is 3.09. The third-order valence-electron chi connectivity index (χ3n) is 4.43. The van der Waals surface area contributed by atoms with Crippen LogP contribution < -0.4 is 10.6 Å². The Morgan fingerprint density at radius 1 is 0.704 bits per heavy atom. The van der Waals surface area contributed by atoms with Crippen molar-refractivity contribution in [3.63, 3.8) is 0 Å². The van der Waals surface area contributed by atoms with Gasteiger partial charge in [0.25, 0.3) is 0 Å². The number of anilines is 2. The van der Waals surface area contributed by atoms with Crippen LogP contribution in [0.5, 0.6) is 0 Å². The highest BCUT2D eigenvalue weighted by molar-refractivity contribution is 6.00. The van der Waals surface area contributed by atoms with Gasteiger partial charge in [-0.05, 0) is 35.7 Å². The molecule has 3 rings (SSSR count). The summed E-state index contributed by atoms with van der Waals surface area (Å²) in [6.45, 7) is 3.34. The first-order chi connectivity index (χ1) is 13.1. The molecule has 0 heterocycles. The summed E-state index contributed by atoms with van der Waals surface area (Å²) < 4.78 is 0. The molecule has 0 saturated heterocycles. The largest absolute Gasteiger partial charge is 0.326 e. The van der Waals surface area contributed by atoms with Gasteiger partial charge in [0.2, 0.25) is 11.8 Å². The molecule has 0 aliphatic heterocycles. The van der Waals surface area contributed by atoms with Gasteiger partial charge in [0.1, 0.15) is 0 Å². The maximum atomic E-state index is 13.2. The first-order valence-electron chi connectivity index (χ1n) is 8.84. The summed E-state index contributed by atoms with van der Waals surface area (Å²) in [6, 6.07) is 24.9. The van der Waals surface area contributed by atoms with Crippen molar-refractivity contribution in [3.8, 4) is 0 Å². The van der Waals surface area contributed by atoms with E-state index in [4.69, 9.17) is 0 Å². The minimum atomic E-state index is -0.420. The van der Waals surface area contributed by atoms with Gasteiger partial charge in [-0.15, -0.1) is 0 Å². The van der Waals surface area contributed by atoms with Gasteiger partial charge in [-0.1, -0.05) is 66.7 Å². The van der Waals surface area contributed by atoms with E-state index in [0.717, 1.165) is 16.7 Å². The van der Waals surface area contributed by atoms with Gasteiger partial charge in [0, 0.05) is 18.3 Å². The number of carbonyl (C=O) groups is 2. The predicted octanol–water partition coefficient (Wildman–Crippen LogP) is 4.72. The van der Waals surface area contributed by atoms with Gasteiger partial charge < -0.3 is 10.6 Å². The van der Waals surface area contributed by atoms with E-state index in [9.17, 15) is 9.59 Å². The topological polar surface area (TPSA) is 58.2 Å². The van der Waals surface area contributed by atoms with Gasteiger partial charge >= 0.3 is 0 Å². The fraction of sp³-hybridized carbons (Fsp3) is 0.130. The molecule has 2 amide bonds. The normalized spacial score (nSPS) is 10.5. The number of hydrogen-bond donors (Lipinski definition) is 2. The summed E-state index contributed by atoms with van der Waals surface area (Å²) in [6.07, 6.45) is 0. The third-order valence-corrected chi connectivity index (χ3v) is 4.43. The van der Waals surface area contributed by atoms with Gasteiger partial charge in [-0.25, -0.2) is 0 Å². The smallest absolute Gasteiger partial charge is 0.236 e. The van der Waals surface area contributed by atoms with E-state index >= 15 is 0 Å². The zero-order valence-electron chi connectivity index (χ0n) is 15.4. The van der Waals surface area contributed by atoms with E-state index in [1.54, 1.807) is 0 Å². The van der Waals surface area contributed by atoms with Crippen molar-refractivity contribution in [2.45, 2.75) is 19.8 Å². The lowest BCUT2D eigenvalue weighted by atomic mass is 9.90. The Morgan fingerprint density at radius 3 is 1.67 bits per heavy atom. The molecule has 27 heavy (non-hydrogen) atoms. The second-order valence-corrected chi connectivity index (χ2v) is 6.40. The molecule has 4 heteroatoms. The Kier molecular flexibility index (Phi) is 5.67. The Hall–Kier alpha value is -3.40. The van der Waals surface area contributed by atoms with Crippen LogP contribution in [-0.2, 0) is 9.59 Å². The Balaban J connectivity index is 1.93. The van der Waals surface area contributed by atoms with Crippen molar-refractivity contribution in [2.75, 3.05) is 10.6 Å². The minimum Gasteiger partial charge on any atom is -0.326 e. The van der Waals surface area contributed by atoms with E-state index in [-0.39, 0.29) is 11.8 Å². The molecule has 0 bridgehead atoms. The highest BCUT2D eigenvalue weighted by Crippen LogP contribution is 2.29. The molecule has 3 aromatic rings. The summed E-state index contributed by atoms with van der Waals surface area (Å²) in [7, 11) is 0. The summed E-state index contributed by atoms with van der Waals surface area (Å²) in [5.74, 6) is -0.681. The standard InChI is InChI=1S/C23H22N2O2/c1-16-20(24-17(2)26)14-9-15-21(16)25-23(27)22(18-10-5-3-6-11-18)19-12-7-4-8-13-19/h3-15,22H,1-2H3,(H,24,26)(H,25,27). The van der Waals surface area contributed by atoms with E-state index < -0.39 is 5.92 Å². The van der Waals surface area contributed by atoms with Crippen LogP contribution >= 0.6 is 0 Å². The molecular weight excluding hydrogens is 336 g/mol. The van der Waals surface area contributed by atoms with Crippen LogP contribution in [0.4, 0.5) is 11.4 Å². The number of hydrogen-bond acceptors (Lipinski definition) is 2. The number of benzene rings is 3. The summed E-state index contributed by atoms with van der Waals surface area (Å²) >= 11 is 0. The van der Waals surface area contributed by atoms with E-state index in [1.165, 1.54) is 6.92 Å². The van der Waals surface area contributed by atoms with Crippen molar-refractivity contribution in [2.24, 2.45) is 0 Å². The minimum absolute atomic E-state index is 0.115. The zero-order chi connectivity index (χ0) is 19.2. The van der Waals surface area contributed by atoms with E-state index in [0.29, 0.717) is 11.4 Å². The second kappa shape index (κ2) is 8.32. The van der Waals surface area contributed by atoms with Crippen LogP contribution in [0.1, 0.15) is 29.5 Å². The molecule has 0 aliphatic carbocycles. The summed E-state index contributed by atoms with van der Waals surface area (Å²) in [5, 5.41) is 5.82. The maximum absolute atomic E-state index is 13.2. The number of carbonyl (C=O) groups excluding carboxylic acids is 2. The van der Waals surface area contributed by atoms with Crippen molar-refractivity contribution < 1.29 is 9.59 Å². The molecule has 2 N–H and O–H groups in total. The molecule has 0 unspecified atom stereocenters. The molecule has 0 spiro atoms. The third kappa shape index (κ3) is 4.42. The highest BCUT2D eigenvalue weighted by atomic mass is 16.2. The number of rotatable bonds is 5. The van der Waals surface area contributed by atoms with Crippen LogP contribution in [0.25, 0.3) is 0 Å². The highest BCUT2D eigenvalue weighted by Gasteiger charge is 2.23. The van der Waals surface area contributed by atoms with E-state index in [1.807, 2.05) is 85.8 Å². The van der Waals surface area contributed by atoms with Gasteiger partial charge in [-0.3, -0.25) is 9.59 Å². The zero-order valence-corrected chi connectivity index (χ0v) is 15.4. The molecule has 0 aromatic heterocycles. The van der Waals surface area contributed by atoms with Crippen LogP contribution in [0, 0.1) is 6.92 Å². The lowest BCUT2D eigenvalue weighted by Gasteiger charge is -2.19. The van der Waals surface area contributed by atoms with Gasteiger partial charge in [0.15, 0.2) is 0 Å². The SMILES string of the molecule is CC(=O)Nc1cccc(NC(=O)C(c2ccccc2)c2ccccc2)c1C. The first kappa shape index (κ1) is 18.4. The molecule has 3 aromatic carbocycles. The quantitative estimate of drug-likeness (QED) is 0.693. The van der Waals surface area contributed by atoms with Gasteiger partial charge in [0.05, 0.1) is 5.92 Å². The van der Waals surface area contributed by atoms with Crippen LogP contribution in [-0.4, -0.2) is 11.8 Å². The molecule has 136 valence electrons. The van der Waals surface area contributed by atoms with Crippen molar-refractivity contribution in [3.05, 3.63) is 95.6 Å². The molecule has 0 saturated carbocycles. The van der Waals surface area contributed by atoms with Crippen molar-refractivity contribution >= 4 is 23.2 Å². The molecule has 0 radical (unpaired) electrons. The Morgan fingerprint density at radius 2 is 1.19 bits per heavy atom. The van der Waals surface area contributed by atoms with Crippen LogP contribution in [0.3, 0.4) is 0 Å². The lowest BCUT2D eigenvalue weighted by molar-refractivity contribution is -0.117. The predicted molar refractivity (Wildman–Crippen MR) is 109 cm³/mol. The summed E-state index contributed by atoms with van der Waals surface area (Å²) in [4.78, 5) is 24.6. The van der Waals surface area contributed by atoms with Crippen molar-refractivity contribution in [1.29, 1.82) is 0 Å². The molecule has 4 nitrogen and oxygen atoms in total. The Bertz CT molecular complexity index is 898. The van der Waals surface area contributed by atoms with Crippen molar-refractivity contribution in [1.82, 2.24) is 0 Å². The summed E-state index contributed by atoms with van der Waals surface area (Å²) in [5.41, 5.74) is 4.05. The molecule has 0 aliphatic rings. The second-order valence-electron chi connectivity index (χ2n) is 6.40. The average molecular weight is 358 g/mol.